The van der Waals surface area contributed by atoms with Crippen molar-refractivity contribution in [2.45, 2.75) is 25.3 Å². The lowest BCUT2D eigenvalue weighted by Crippen LogP contribution is -2.28. The molecular weight excluding hydrogens is 373 g/mol. The zero-order valence-electron chi connectivity index (χ0n) is 13.1. The minimum Gasteiger partial charge on any atom is -0.375 e. The number of halogens is 5. The van der Waals surface area contributed by atoms with Crippen molar-refractivity contribution in [1.82, 2.24) is 4.57 Å². The summed E-state index contributed by atoms with van der Waals surface area (Å²) in [5.41, 5.74) is -7.23. The van der Waals surface area contributed by atoms with Crippen molar-refractivity contribution in [2.75, 3.05) is 0 Å². The van der Waals surface area contributed by atoms with E-state index in [4.69, 9.17) is 0 Å². The number of nitrogens with zero attached hydrogens (tertiary/aromatic N) is 1. The number of alkyl halides is 5. The third-order valence-electron chi connectivity index (χ3n) is 3.47. The van der Waals surface area contributed by atoms with Gasteiger partial charge in [0.05, 0.1) is 5.52 Å². The summed E-state index contributed by atoms with van der Waals surface area (Å²) in [7, 11) is -4.85. The lowest BCUT2D eigenvalue weighted by Gasteiger charge is -2.17. The predicted molar refractivity (Wildman–Crippen MR) is 79.1 cm³/mol. The molecule has 2 aromatic rings. The van der Waals surface area contributed by atoms with Gasteiger partial charge in [-0.25, -0.2) is 8.78 Å². The van der Waals surface area contributed by atoms with E-state index in [2.05, 4.69) is 4.18 Å². The largest absolute Gasteiger partial charge is 0.534 e. The minimum atomic E-state index is -6.07. The molecule has 1 heterocycles. The molecule has 5 nitrogen and oxygen atoms in total. The van der Waals surface area contributed by atoms with E-state index < -0.39 is 38.4 Å². The topological polar surface area (TPSA) is 65.4 Å². The van der Waals surface area contributed by atoms with Crippen molar-refractivity contribution in [3.8, 4) is 5.75 Å². The van der Waals surface area contributed by atoms with Crippen molar-refractivity contribution >= 4 is 21.0 Å². The number of hydrogen-bond acceptors (Lipinski definition) is 4. The van der Waals surface area contributed by atoms with Gasteiger partial charge in [0.15, 0.2) is 5.75 Å². The summed E-state index contributed by atoms with van der Waals surface area (Å²) in [5, 5.41) is -0.222. The molecule has 0 saturated carbocycles. The standard InChI is InChI=1S/C14H12F5NO4S/c1-7-4-9-10(20(3)12(7)21)5-8(13(2,15)16)6-11(9)24-25(22,23)14(17,18)19/h4-6H,1-3H3. The van der Waals surface area contributed by atoms with Gasteiger partial charge < -0.3 is 8.75 Å². The van der Waals surface area contributed by atoms with E-state index in [1.807, 2.05) is 0 Å². The molecule has 0 fully saturated rings. The van der Waals surface area contributed by atoms with Gasteiger partial charge in [0.2, 0.25) is 0 Å². The minimum absolute atomic E-state index is 0.0697. The number of rotatable bonds is 3. The van der Waals surface area contributed by atoms with Crippen LogP contribution in [0.3, 0.4) is 0 Å². The second-order valence-electron chi connectivity index (χ2n) is 5.47. The maximum Gasteiger partial charge on any atom is 0.534 e. The Hall–Kier alpha value is -2.17. The number of aryl methyl sites for hydroxylation is 2. The second-order valence-corrected chi connectivity index (χ2v) is 7.01. The van der Waals surface area contributed by atoms with E-state index in [1.54, 1.807) is 0 Å². The van der Waals surface area contributed by atoms with Crippen molar-refractivity contribution < 1.29 is 34.6 Å². The Morgan fingerprint density at radius 1 is 1.08 bits per heavy atom. The first kappa shape index (κ1) is 19.2. The Morgan fingerprint density at radius 3 is 2.12 bits per heavy atom. The molecule has 0 radical (unpaired) electrons. The lowest BCUT2D eigenvalue weighted by molar-refractivity contribution is -0.0499. The van der Waals surface area contributed by atoms with Gasteiger partial charge in [-0.2, -0.15) is 21.6 Å². The molecule has 0 bridgehead atoms. The van der Waals surface area contributed by atoms with Crippen LogP contribution in [0.15, 0.2) is 23.0 Å². The number of aromatic nitrogens is 1. The van der Waals surface area contributed by atoms with Gasteiger partial charge in [0.1, 0.15) is 0 Å². The van der Waals surface area contributed by atoms with E-state index in [1.165, 1.54) is 14.0 Å². The van der Waals surface area contributed by atoms with Crippen LogP contribution in [-0.4, -0.2) is 18.5 Å². The first-order valence-electron chi connectivity index (χ1n) is 6.68. The highest BCUT2D eigenvalue weighted by atomic mass is 32.2. The van der Waals surface area contributed by atoms with Crippen LogP contribution in [0.2, 0.25) is 0 Å². The fourth-order valence-electron chi connectivity index (χ4n) is 2.17. The highest BCUT2D eigenvalue weighted by Crippen LogP contribution is 2.37. The Labute approximate surface area is 138 Å². The van der Waals surface area contributed by atoms with Gasteiger partial charge in [-0.1, -0.05) is 0 Å². The highest BCUT2D eigenvalue weighted by molar-refractivity contribution is 7.88. The van der Waals surface area contributed by atoms with E-state index in [9.17, 15) is 35.2 Å². The SMILES string of the molecule is Cc1cc2c(OS(=O)(=O)C(F)(F)F)cc(C(C)(F)F)cc2n(C)c1=O. The maximum atomic E-state index is 13.6. The van der Waals surface area contributed by atoms with Crippen LogP contribution in [0, 0.1) is 6.92 Å². The van der Waals surface area contributed by atoms with Gasteiger partial charge in [-0.05, 0) is 25.1 Å². The smallest absolute Gasteiger partial charge is 0.375 e. The Balaban J connectivity index is 2.89. The van der Waals surface area contributed by atoms with Crippen molar-refractivity contribution in [1.29, 1.82) is 0 Å². The van der Waals surface area contributed by atoms with E-state index >= 15 is 0 Å². The van der Waals surface area contributed by atoms with E-state index in [0.717, 1.165) is 16.7 Å². The molecule has 1 aromatic carbocycles. The summed E-state index contributed by atoms with van der Waals surface area (Å²) >= 11 is 0. The molecular formula is C14H12F5NO4S. The summed E-state index contributed by atoms with van der Waals surface area (Å²) in [6.45, 7) is 1.81. The normalized spacial score (nSPS) is 13.3. The molecule has 0 aliphatic rings. The van der Waals surface area contributed by atoms with Crippen LogP contribution < -0.4 is 9.74 Å². The fraction of sp³-hybridized carbons (Fsp3) is 0.357. The maximum absolute atomic E-state index is 13.6. The van der Waals surface area contributed by atoms with Crippen LogP contribution in [0.4, 0.5) is 22.0 Å². The predicted octanol–water partition coefficient (Wildman–Crippen LogP) is 3.19. The molecule has 0 amide bonds. The zero-order valence-corrected chi connectivity index (χ0v) is 13.9. The van der Waals surface area contributed by atoms with Crippen LogP contribution in [0.1, 0.15) is 18.1 Å². The third kappa shape index (κ3) is 3.46. The van der Waals surface area contributed by atoms with Gasteiger partial charge >= 0.3 is 15.6 Å². The summed E-state index contributed by atoms with van der Waals surface area (Å²) in [6, 6.07) is 2.48. The van der Waals surface area contributed by atoms with E-state index in [-0.39, 0.29) is 16.5 Å². The number of hydrogen-bond donors (Lipinski definition) is 0. The molecule has 0 saturated heterocycles. The number of pyridine rings is 1. The molecule has 0 spiro atoms. The van der Waals surface area contributed by atoms with E-state index in [0.29, 0.717) is 13.0 Å². The van der Waals surface area contributed by atoms with Gasteiger partial charge in [0.25, 0.3) is 11.5 Å². The summed E-state index contributed by atoms with van der Waals surface area (Å²) in [4.78, 5) is 11.9. The first-order valence-corrected chi connectivity index (χ1v) is 8.09. The van der Waals surface area contributed by atoms with Crippen LogP contribution in [0.25, 0.3) is 10.9 Å². The Kier molecular flexibility index (Phi) is 4.35. The third-order valence-corrected chi connectivity index (χ3v) is 4.44. The lowest BCUT2D eigenvalue weighted by atomic mass is 10.0. The molecule has 11 heteroatoms. The van der Waals surface area contributed by atoms with Crippen molar-refractivity contribution in [3.63, 3.8) is 0 Å². The van der Waals surface area contributed by atoms with Gasteiger partial charge in [-0.3, -0.25) is 4.79 Å². The Bertz CT molecular complexity index is 1000. The Morgan fingerprint density at radius 2 is 1.64 bits per heavy atom. The molecule has 0 unspecified atom stereocenters. The van der Waals surface area contributed by atoms with Gasteiger partial charge in [-0.15, -0.1) is 0 Å². The second kappa shape index (κ2) is 5.68. The molecule has 0 aliphatic heterocycles. The quantitative estimate of drug-likeness (QED) is 0.463. The van der Waals surface area contributed by atoms with Crippen molar-refractivity contribution in [3.05, 3.63) is 39.7 Å². The molecule has 0 aliphatic carbocycles. The molecule has 25 heavy (non-hydrogen) atoms. The van der Waals surface area contributed by atoms with Crippen LogP contribution in [-0.2, 0) is 23.1 Å². The number of benzene rings is 1. The molecule has 2 rings (SSSR count). The van der Waals surface area contributed by atoms with Crippen molar-refractivity contribution in [2.24, 2.45) is 7.05 Å². The first-order chi connectivity index (χ1) is 11.1. The monoisotopic (exact) mass is 385 g/mol. The summed E-state index contributed by atoms with van der Waals surface area (Å²) < 4.78 is 92.4. The average Bonchev–Trinajstić information content (AvgIpc) is 2.43. The fourth-order valence-corrected chi connectivity index (χ4v) is 2.64. The molecule has 138 valence electrons. The van der Waals surface area contributed by atoms with Gasteiger partial charge in [0, 0.05) is 30.5 Å². The average molecular weight is 385 g/mol. The van der Waals surface area contributed by atoms with Crippen LogP contribution in [0.5, 0.6) is 5.75 Å². The summed E-state index contributed by atoms with van der Waals surface area (Å²) in [6.07, 6.45) is 0. The van der Waals surface area contributed by atoms with Crippen LogP contribution >= 0.6 is 0 Å². The highest BCUT2D eigenvalue weighted by Gasteiger charge is 2.49. The molecule has 0 atom stereocenters. The summed E-state index contributed by atoms with van der Waals surface area (Å²) in [5.74, 6) is -4.44. The molecule has 0 N–H and O–H groups in total. The number of fused-ring (bicyclic) bond motifs is 1. The zero-order chi connectivity index (χ0) is 19.4. The molecule has 1 aromatic heterocycles.